The van der Waals surface area contributed by atoms with Crippen LogP contribution in [-0.2, 0) is 0 Å². The minimum absolute atomic E-state index is 0.0541. The van der Waals surface area contributed by atoms with Gasteiger partial charge in [0.25, 0.3) is 0 Å². The molecule has 0 unspecified atom stereocenters. The maximum absolute atomic E-state index is 10.9. The van der Waals surface area contributed by atoms with Crippen molar-refractivity contribution in [2.24, 2.45) is 0 Å². The highest BCUT2D eigenvalue weighted by Gasteiger charge is 2.04. The average Bonchev–Trinajstić information content (AvgIpc) is 2.04. The van der Waals surface area contributed by atoms with Gasteiger partial charge < -0.3 is 10.4 Å². The lowest BCUT2D eigenvalue weighted by Crippen LogP contribution is -2.27. The summed E-state index contributed by atoms with van der Waals surface area (Å²) in [6.45, 7) is 0. The molecule has 0 aliphatic heterocycles. The van der Waals surface area contributed by atoms with Gasteiger partial charge in [0.05, 0.1) is 0 Å². The van der Waals surface area contributed by atoms with E-state index in [4.69, 9.17) is 10.3 Å². The molecule has 5 nitrogen and oxygen atoms in total. The number of phenolic OH excluding ortho intramolecular Hbond substituents is 1. The summed E-state index contributed by atoms with van der Waals surface area (Å²) in [5.41, 5.74) is 0.422. The number of carbonyl (C=O) groups is 1. The van der Waals surface area contributed by atoms with Crippen molar-refractivity contribution in [3.63, 3.8) is 0 Å². The zero-order valence-electron chi connectivity index (χ0n) is 7.06. The van der Waals surface area contributed by atoms with Gasteiger partial charge in [-0.05, 0) is 12.1 Å². The van der Waals surface area contributed by atoms with Gasteiger partial charge in [-0.15, -0.1) is 0 Å². The van der Waals surface area contributed by atoms with Crippen molar-refractivity contribution in [3.8, 4) is 5.75 Å². The van der Waals surface area contributed by atoms with E-state index in [1.165, 1.54) is 19.2 Å². The molecule has 1 rings (SSSR count). The van der Waals surface area contributed by atoms with Crippen LogP contribution in [0, 0.1) is 0 Å². The summed E-state index contributed by atoms with van der Waals surface area (Å²) < 4.78 is 0. The molecule has 70 valence electrons. The number of carbonyl (C=O) groups excluding carboxylic acids is 1. The normalized spacial score (nSPS) is 9.38. The Balaban J connectivity index is 2.69. The predicted molar refractivity (Wildman–Crippen MR) is 46.7 cm³/mol. The van der Waals surface area contributed by atoms with Gasteiger partial charge in [0.2, 0.25) is 0 Å². The van der Waals surface area contributed by atoms with Gasteiger partial charge in [0.15, 0.2) is 0 Å². The molecule has 2 amide bonds. The summed E-state index contributed by atoms with van der Waals surface area (Å²) in [5.74, 6) is 0.0541. The smallest absolute Gasteiger partial charge is 0.345 e. The van der Waals surface area contributed by atoms with Crippen molar-refractivity contribution in [3.05, 3.63) is 24.3 Å². The Kier molecular flexibility index (Phi) is 2.71. The fourth-order valence-electron chi connectivity index (χ4n) is 0.788. The molecule has 0 bridgehead atoms. The van der Waals surface area contributed by atoms with Crippen LogP contribution in [0.5, 0.6) is 5.75 Å². The van der Waals surface area contributed by atoms with Crippen LogP contribution >= 0.6 is 0 Å². The Hall–Kier alpha value is -1.75. The Morgan fingerprint density at radius 1 is 1.54 bits per heavy atom. The van der Waals surface area contributed by atoms with Gasteiger partial charge in [-0.25, -0.2) is 9.86 Å². The molecule has 13 heavy (non-hydrogen) atoms. The number of hydrogen-bond acceptors (Lipinski definition) is 3. The molecule has 1 aromatic rings. The maximum atomic E-state index is 10.9. The van der Waals surface area contributed by atoms with Crippen molar-refractivity contribution >= 4 is 11.7 Å². The summed E-state index contributed by atoms with van der Waals surface area (Å²) in [6.07, 6.45) is 0. The van der Waals surface area contributed by atoms with E-state index in [1.54, 1.807) is 12.1 Å². The quantitative estimate of drug-likeness (QED) is 0.452. The van der Waals surface area contributed by atoms with Crippen LogP contribution in [-0.4, -0.2) is 28.5 Å². The van der Waals surface area contributed by atoms with E-state index in [9.17, 15) is 4.79 Å². The van der Waals surface area contributed by atoms with Crippen molar-refractivity contribution in [1.82, 2.24) is 5.06 Å². The summed E-state index contributed by atoms with van der Waals surface area (Å²) >= 11 is 0. The van der Waals surface area contributed by atoms with Crippen molar-refractivity contribution in [2.75, 3.05) is 12.4 Å². The Labute approximate surface area is 75.2 Å². The highest BCUT2D eigenvalue weighted by molar-refractivity contribution is 5.88. The van der Waals surface area contributed by atoms with Crippen molar-refractivity contribution < 1.29 is 15.1 Å². The number of aromatic hydroxyl groups is 1. The van der Waals surface area contributed by atoms with E-state index >= 15 is 0 Å². The van der Waals surface area contributed by atoms with E-state index in [-0.39, 0.29) is 5.75 Å². The second-order valence-corrected chi connectivity index (χ2v) is 2.50. The molecule has 0 aromatic heterocycles. The molecule has 5 heteroatoms. The largest absolute Gasteiger partial charge is 0.508 e. The number of hydroxylamine groups is 2. The minimum Gasteiger partial charge on any atom is -0.508 e. The van der Waals surface area contributed by atoms with Crippen LogP contribution < -0.4 is 5.32 Å². The second kappa shape index (κ2) is 3.77. The van der Waals surface area contributed by atoms with Gasteiger partial charge in [-0.2, -0.15) is 0 Å². The minimum atomic E-state index is -0.661. The number of benzene rings is 1. The van der Waals surface area contributed by atoms with E-state index in [1.807, 2.05) is 0 Å². The SMILES string of the molecule is CN(O)C(=O)Nc1cccc(O)c1. The zero-order valence-corrected chi connectivity index (χ0v) is 7.06. The fourth-order valence-corrected chi connectivity index (χ4v) is 0.788. The Bertz CT molecular complexity index is 312. The van der Waals surface area contributed by atoms with Gasteiger partial charge >= 0.3 is 6.03 Å². The summed E-state index contributed by atoms with van der Waals surface area (Å²) in [5, 5.41) is 20.5. The highest BCUT2D eigenvalue weighted by atomic mass is 16.5. The first-order valence-electron chi connectivity index (χ1n) is 3.62. The monoisotopic (exact) mass is 182 g/mol. The van der Waals surface area contributed by atoms with E-state index in [2.05, 4.69) is 5.32 Å². The Morgan fingerprint density at radius 2 is 2.23 bits per heavy atom. The molecule has 0 heterocycles. The molecule has 1 aromatic carbocycles. The first kappa shape index (κ1) is 9.34. The lowest BCUT2D eigenvalue weighted by Gasteiger charge is -2.09. The molecular formula is C8H10N2O3. The molecule has 0 atom stereocenters. The van der Waals surface area contributed by atoms with Crippen LogP contribution in [0.2, 0.25) is 0 Å². The molecule has 3 N–H and O–H groups in total. The molecule has 0 radical (unpaired) electrons. The number of hydrogen-bond donors (Lipinski definition) is 3. The number of amides is 2. The van der Waals surface area contributed by atoms with Gasteiger partial charge in [0.1, 0.15) is 5.75 Å². The first-order chi connectivity index (χ1) is 6.09. The standard InChI is InChI=1S/C8H10N2O3/c1-10(13)8(12)9-6-3-2-4-7(11)5-6/h2-5,11,13H,1H3,(H,9,12). The van der Waals surface area contributed by atoms with E-state index in [0.717, 1.165) is 0 Å². The molecule has 0 aliphatic carbocycles. The van der Waals surface area contributed by atoms with Crippen LogP contribution in [0.25, 0.3) is 0 Å². The number of phenols is 1. The third kappa shape index (κ3) is 2.64. The predicted octanol–water partition coefficient (Wildman–Crippen LogP) is 1.25. The first-order valence-corrected chi connectivity index (χ1v) is 3.62. The van der Waals surface area contributed by atoms with Crippen LogP contribution in [0.15, 0.2) is 24.3 Å². The topological polar surface area (TPSA) is 72.8 Å². The third-order valence-corrected chi connectivity index (χ3v) is 1.39. The van der Waals surface area contributed by atoms with Gasteiger partial charge in [-0.3, -0.25) is 5.21 Å². The van der Waals surface area contributed by atoms with Crippen molar-refractivity contribution in [2.45, 2.75) is 0 Å². The number of nitrogens with one attached hydrogen (secondary N) is 1. The van der Waals surface area contributed by atoms with E-state index in [0.29, 0.717) is 10.8 Å². The van der Waals surface area contributed by atoms with Crippen LogP contribution in [0.3, 0.4) is 0 Å². The zero-order chi connectivity index (χ0) is 9.84. The summed E-state index contributed by atoms with van der Waals surface area (Å²) in [7, 11) is 1.21. The molecule has 0 saturated heterocycles. The summed E-state index contributed by atoms with van der Waals surface area (Å²) in [6, 6.07) is 5.38. The van der Waals surface area contributed by atoms with Crippen molar-refractivity contribution in [1.29, 1.82) is 0 Å². The molecule has 0 spiro atoms. The number of urea groups is 1. The number of nitrogens with zero attached hydrogens (tertiary/aromatic N) is 1. The van der Waals surface area contributed by atoms with Crippen LogP contribution in [0.1, 0.15) is 0 Å². The van der Waals surface area contributed by atoms with E-state index < -0.39 is 6.03 Å². The average molecular weight is 182 g/mol. The van der Waals surface area contributed by atoms with Crippen LogP contribution in [0.4, 0.5) is 10.5 Å². The Morgan fingerprint density at radius 3 is 2.77 bits per heavy atom. The number of anilines is 1. The third-order valence-electron chi connectivity index (χ3n) is 1.39. The van der Waals surface area contributed by atoms with Gasteiger partial charge in [0, 0.05) is 18.8 Å². The lowest BCUT2D eigenvalue weighted by molar-refractivity contribution is -0.0118. The highest BCUT2D eigenvalue weighted by Crippen LogP contribution is 2.15. The molecular weight excluding hydrogens is 172 g/mol. The maximum Gasteiger partial charge on any atom is 0.345 e. The van der Waals surface area contributed by atoms with Gasteiger partial charge in [-0.1, -0.05) is 6.07 Å². The summed E-state index contributed by atoms with van der Waals surface area (Å²) in [4.78, 5) is 10.9. The molecule has 0 saturated carbocycles. The fraction of sp³-hybridized carbons (Fsp3) is 0.125. The number of rotatable bonds is 1. The molecule has 0 fully saturated rings. The second-order valence-electron chi connectivity index (χ2n) is 2.50. The lowest BCUT2D eigenvalue weighted by atomic mass is 10.3. The molecule has 0 aliphatic rings.